The summed E-state index contributed by atoms with van der Waals surface area (Å²) in [5.74, 6) is 1.68. The van der Waals surface area contributed by atoms with Gasteiger partial charge in [-0.25, -0.2) is 4.98 Å². The maximum atomic E-state index is 5.42. The molecule has 0 amide bonds. The van der Waals surface area contributed by atoms with E-state index in [9.17, 15) is 0 Å². The number of hydrogen-bond acceptors (Lipinski definition) is 4. The van der Waals surface area contributed by atoms with Crippen LogP contribution in [0.1, 0.15) is 38.2 Å². The number of methoxy groups -OCH3 is 1. The third-order valence-corrected chi connectivity index (χ3v) is 4.79. The third-order valence-electron chi connectivity index (χ3n) is 4.79. The van der Waals surface area contributed by atoms with E-state index in [0.717, 1.165) is 31.4 Å². The van der Waals surface area contributed by atoms with Gasteiger partial charge < -0.3 is 10.1 Å². The molecule has 1 N–H and O–H groups in total. The largest absolute Gasteiger partial charge is 0.481 e. The first-order valence-electron chi connectivity index (χ1n) is 8.27. The van der Waals surface area contributed by atoms with E-state index in [0.29, 0.717) is 12.1 Å². The van der Waals surface area contributed by atoms with Crippen molar-refractivity contribution < 1.29 is 4.74 Å². The fourth-order valence-corrected chi connectivity index (χ4v) is 3.46. The van der Waals surface area contributed by atoms with Crippen LogP contribution in [0, 0.1) is 5.92 Å². The Labute approximate surface area is 127 Å². The molecule has 116 valence electrons. The summed E-state index contributed by atoms with van der Waals surface area (Å²) in [6.45, 7) is 5.51. The molecule has 0 aromatic carbocycles. The fourth-order valence-electron chi connectivity index (χ4n) is 3.46. The summed E-state index contributed by atoms with van der Waals surface area (Å²) in [6, 6.07) is 5.46. The van der Waals surface area contributed by atoms with Crippen molar-refractivity contribution in [3.05, 3.63) is 23.9 Å². The molecule has 4 nitrogen and oxygen atoms in total. The summed E-state index contributed by atoms with van der Waals surface area (Å²) in [6.07, 6.45) is 7.10. The van der Waals surface area contributed by atoms with Crippen LogP contribution in [0.5, 0.6) is 5.88 Å². The Morgan fingerprint density at radius 2 is 2.29 bits per heavy atom. The lowest BCUT2D eigenvalue weighted by molar-refractivity contribution is 0.107. The molecule has 2 unspecified atom stereocenters. The van der Waals surface area contributed by atoms with Gasteiger partial charge in [-0.15, -0.1) is 0 Å². The van der Waals surface area contributed by atoms with E-state index in [-0.39, 0.29) is 0 Å². The summed E-state index contributed by atoms with van der Waals surface area (Å²) >= 11 is 0. The number of nitrogens with zero attached hydrogens (tertiary/aromatic N) is 2. The fraction of sp³-hybridized carbons (Fsp3) is 0.706. The van der Waals surface area contributed by atoms with Crippen LogP contribution in [0.25, 0.3) is 0 Å². The summed E-state index contributed by atoms with van der Waals surface area (Å²) in [7, 11) is 1.71. The molecule has 0 radical (unpaired) electrons. The second-order valence-corrected chi connectivity index (χ2v) is 6.40. The Kier molecular flexibility index (Phi) is 4.76. The molecule has 2 fully saturated rings. The van der Waals surface area contributed by atoms with Gasteiger partial charge in [0.2, 0.25) is 5.88 Å². The lowest BCUT2D eigenvalue weighted by atomic mass is 10.0. The molecular weight excluding hydrogens is 262 g/mol. The second-order valence-electron chi connectivity index (χ2n) is 6.40. The number of rotatable bonds is 6. The molecule has 0 spiro atoms. The summed E-state index contributed by atoms with van der Waals surface area (Å²) in [5.41, 5.74) is 1.21. The Bertz CT molecular complexity index is 461. The first kappa shape index (κ1) is 14.8. The highest BCUT2D eigenvalue weighted by Crippen LogP contribution is 2.35. The third kappa shape index (κ3) is 3.55. The standard InChI is InChI=1S/C17H27N3O/c1-3-5-15-10-19-16(13-7-8-13)12-20(15)11-14-6-4-9-18-17(14)21-2/h4,6,9,13,15-16,19H,3,5,7-8,10-12H2,1-2H3. The highest BCUT2D eigenvalue weighted by Gasteiger charge is 2.37. The van der Waals surface area contributed by atoms with Gasteiger partial charge in [0.15, 0.2) is 0 Å². The maximum Gasteiger partial charge on any atom is 0.217 e. The summed E-state index contributed by atoms with van der Waals surface area (Å²) in [4.78, 5) is 6.98. The molecule has 2 atom stereocenters. The smallest absolute Gasteiger partial charge is 0.217 e. The van der Waals surface area contributed by atoms with E-state index in [1.807, 2.05) is 6.07 Å². The molecule has 1 aliphatic heterocycles. The molecule has 2 heterocycles. The monoisotopic (exact) mass is 289 g/mol. The minimum atomic E-state index is 0.634. The van der Waals surface area contributed by atoms with Gasteiger partial charge in [-0.3, -0.25) is 4.90 Å². The van der Waals surface area contributed by atoms with Crippen LogP contribution in [-0.2, 0) is 6.54 Å². The molecule has 1 aromatic rings. The van der Waals surface area contributed by atoms with Crippen molar-refractivity contribution in [2.75, 3.05) is 20.2 Å². The van der Waals surface area contributed by atoms with Gasteiger partial charge in [0.25, 0.3) is 0 Å². The van der Waals surface area contributed by atoms with Gasteiger partial charge in [0.05, 0.1) is 7.11 Å². The maximum absolute atomic E-state index is 5.42. The lowest BCUT2D eigenvalue weighted by Gasteiger charge is -2.41. The van der Waals surface area contributed by atoms with E-state index in [2.05, 4.69) is 28.2 Å². The number of aromatic nitrogens is 1. The van der Waals surface area contributed by atoms with Gasteiger partial charge in [-0.2, -0.15) is 0 Å². The topological polar surface area (TPSA) is 37.4 Å². The molecule has 2 aliphatic rings. The molecule has 0 bridgehead atoms. The zero-order valence-electron chi connectivity index (χ0n) is 13.2. The number of nitrogens with one attached hydrogen (secondary N) is 1. The molecule has 3 rings (SSSR count). The lowest BCUT2D eigenvalue weighted by Crippen LogP contribution is -2.56. The van der Waals surface area contributed by atoms with Crippen molar-refractivity contribution in [3.63, 3.8) is 0 Å². The van der Waals surface area contributed by atoms with E-state index < -0.39 is 0 Å². The van der Waals surface area contributed by atoms with Gasteiger partial charge in [-0.1, -0.05) is 19.4 Å². The van der Waals surface area contributed by atoms with Crippen molar-refractivity contribution in [1.82, 2.24) is 15.2 Å². The van der Waals surface area contributed by atoms with Gasteiger partial charge in [-0.05, 0) is 31.2 Å². The van der Waals surface area contributed by atoms with Crippen LogP contribution in [0.2, 0.25) is 0 Å². The first-order valence-corrected chi connectivity index (χ1v) is 8.27. The SMILES string of the molecule is CCCC1CNC(C2CC2)CN1Cc1cccnc1OC. The highest BCUT2D eigenvalue weighted by molar-refractivity contribution is 5.25. The van der Waals surface area contributed by atoms with Crippen LogP contribution < -0.4 is 10.1 Å². The average Bonchev–Trinajstić information content (AvgIpc) is 3.34. The molecule has 1 saturated carbocycles. The Hall–Kier alpha value is -1.13. The zero-order valence-corrected chi connectivity index (χ0v) is 13.2. The van der Waals surface area contributed by atoms with Crippen LogP contribution >= 0.6 is 0 Å². The van der Waals surface area contributed by atoms with Gasteiger partial charge in [0, 0.05) is 43.5 Å². The van der Waals surface area contributed by atoms with Gasteiger partial charge >= 0.3 is 0 Å². The Morgan fingerprint density at radius 3 is 3.00 bits per heavy atom. The van der Waals surface area contributed by atoms with E-state index in [1.165, 1.54) is 31.2 Å². The van der Waals surface area contributed by atoms with Crippen molar-refractivity contribution in [2.24, 2.45) is 5.92 Å². The Morgan fingerprint density at radius 1 is 1.43 bits per heavy atom. The number of pyridine rings is 1. The van der Waals surface area contributed by atoms with Crippen LogP contribution in [0.15, 0.2) is 18.3 Å². The number of piperazine rings is 1. The van der Waals surface area contributed by atoms with Crippen LogP contribution in [-0.4, -0.2) is 42.2 Å². The van der Waals surface area contributed by atoms with E-state index >= 15 is 0 Å². The molecule has 1 saturated heterocycles. The predicted molar refractivity (Wildman–Crippen MR) is 84.4 cm³/mol. The normalized spacial score (nSPS) is 26.8. The molecule has 21 heavy (non-hydrogen) atoms. The van der Waals surface area contributed by atoms with E-state index in [1.54, 1.807) is 13.3 Å². The minimum absolute atomic E-state index is 0.634. The van der Waals surface area contributed by atoms with Crippen molar-refractivity contribution in [1.29, 1.82) is 0 Å². The average molecular weight is 289 g/mol. The van der Waals surface area contributed by atoms with Crippen LogP contribution in [0.4, 0.5) is 0 Å². The van der Waals surface area contributed by atoms with Crippen molar-refractivity contribution >= 4 is 0 Å². The Balaban J connectivity index is 1.71. The minimum Gasteiger partial charge on any atom is -0.481 e. The predicted octanol–water partition coefficient (Wildman–Crippen LogP) is 2.44. The van der Waals surface area contributed by atoms with E-state index in [4.69, 9.17) is 4.74 Å². The van der Waals surface area contributed by atoms with Crippen molar-refractivity contribution in [3.8, 4) is 5.88 Å². The molecule has 4 heteroatoms. The number of hydrogen-bond donors (Lipinski definition) is 1. The summed E-state index contributed by atoms with van der Waals surface area (Å²) in [5, 5.41) is 3.77. The first-order chi connectivity index (χ1) is 10.3. The molecular formula is C17H27N3O. The van der Waals surface area contributed by atoms with Crippen LogP contribution in [0.3, 0.4) is 0 Å². The second kappa shape index (κ2) is 6.75. The molecule has 1 aliphatic carbocycles. The highest BCUT2D eigenvalue weighted by atomic mass is 16.5. The quantitative estimate of drug-likeness (QED) is 0.873. The van der Waals surface area contributed by atoms with Crippen molar-refractivity contribution in [2.45, 2.75) is 51.2 Å². The molecule has 1 aromatic heterocycles. The zero-order chi connectivity index (χ0) is 14.7. The summed E-state index contributed by atoms with van der Waals surface area (Å²) < 4.78 is 5.42. The number of ether oxygens (including phenoxy) is 1. The van der Waals surface area contributed by atoms with Gasteiger partial charge in [0.1, 0.15) is 0 Å².